The molecule has 3 aromatic heterocycles. The highest BCUT2D eigenvalue weighted by molar-refractivity contribution is 5.92. The fraction of sp³-hybridized carbons (Fsp3) is 0.296. The van der Waals surface area contributed by atoms with Crippen LogP contribution in [0.2, 0.25) is 0 Å². The van der Waals surface area contributed by atoms with Crippen molar-refractivity contribution >= 4 is 28.3 Å². The van der Waals surface area contributed by atoms with E-state index in [1.165, 1.54) is 36.7 Å². The van der Waals surface area contributed by atoms with Crippen molar-refractivity contribution in [2.75, 3.05) is 7.11 Å². The number of esters is 1. The molecule has 0 bridgehead atoms. The van der Waals surface area contributed by atoms with Gasteiger partial charge < -0.3 is 29.8 Å². The molecule has 10 nitrogen and oxygen atoms in total. The Morgan fingerprint density at radius 1 is 1.22 bits per heavy atom. The van der Waals surface area contributed by atoms with Crippen molar-refractivity contribution in [3.05, 3.63) is 83.3 Å². The van der Waals surface area contributed by atoms with Crippen molar-refractivity contribution in [2.45, 2.75) is 45.3 Å². The zero-order valence-electron chi connectivity index (χ0n) is 21.0. The topological polar surface area (TPSA) is 133 Å². The van der Waals surface area contributed by atoms with Crippen molar-refractivity contribution < 1.29 is 14.3 Å². The van der Waals surface area contributed by atoms with Crippen molar-refractivity contribution in [3.63, 3.8) is 0 Å². The number of hydrogen-bond donors (Lipinski definition) is 3. The van der Waals surface area contributed by atoms with Crippen LogP contribution in [0.15, 0.2) is 60.8 Å². The molecule has 1 amide bonds. The Labute approximate surface area is 214 Å². The van der Waals surface area contributed by atoms with Crippen molar-refractivity contribution in [1.29, 1.82) is 0 Å². The molecule has 1 aromatic carbocycles. The van der Waals surface area contributed by atoms with Gasteiger partial charge in [-0.25, -0.2) is 10.8 Å². The number of nitrogens with zero attached hydrogens (tertiary/aromatic N) is 4. The molecule has 1 aliphatic rings. The Hall–Kier alpha value is -4.31. The van der Waals surface area contributed by atoms with E-state index in [9.17, 15) is 9.59 Å². The maximum absolute atomic E-state index is 12.6. The Morgan fingerprint density at radius 3 is 2.78 bits per heavy atom. The Balaban J connectivity index is 1.29. The number of hydrogen-bond acceptors (Lipinski definition) is 7. The van der Waals surface area contributed by atoms with Crippen LogP contribution in [0.1, 0.15) is 41.3 Å². The number of imidazole rings is 1. The molecule has 0 atom stereocenters. The molecular weight excluding hydrogens is 470 g/mol. The number of nitrogens with one attached hydrogen (secondary N) is 1. The summed E-state index contributed by atoms with van der Waals surface area (Å²) >= 11 is 0. The minimum absolute atomic E-state index is 0.0335. The summed E-state index contributed by atoms with van der Waals surface area (Å²) in [7, 11) is 1.36. The fourth-order valence-corrected chi connectivity index (χ4v) is 4.55. The minimum Gasteiger partial charge on any atom is -0.468 e. The van der Waals surface area contributed by atoms with Gasteiger partial charge >= 0.3 is 5.97 Å². The second kappa shape index (κ2) is 9.98. The number of amides is 1. The predicted molar refractivity (Wildman–Crippen MR) is 140 cm³/mol. The van der Waals surface area contributed by atoms with E-state index in [4.69, 9.17) is 16.3 Å². The van der Waals surface area contributed by atoms with Gasteiger partial charge in [0, 0.05) is 29.0 Å². The van der Waals surface area contributed by atoms with Crippen LogP contribution in [0.5, 0.6) is 0 Å². The molecule has 0 saturated heterocycles. The monoisotopic (exact) mass is 501 g/mol. The van der Waals surface area contributed by atoms with E-state index in [0.717, 1.165) is 33.4 Å². The van der Waals surface area contributed by atoms with Gasteiger partial charge in [-0.1, -0.05) is 6.07 Å². The molecule has 192 valence electrons. The van der Waals surface area contributed by atoms with E-state index in [1.54, 1.807) is 6.33 Å². The van der Waals surface area contributed by atoms with E-state index >= 15 is 0 Å². The van der Waals surface area contributed by atoms with Gasteiger partial charge in [-0.3, -0.25) is 9.59 Å². The van der Waals surface area contributed by atoms with Crippen molar-refractivity contribution in [3.8, 4) is 0 Å². The van der Waals surface area contributed by atoms with Crippen LogP contribution in [0.3, 0.4) is 0 Å². The second-order valence-electron chi connectivity index (χ2n) is 9.52. The highest BCUT2D eigenvalue weighted by Crippen LogP contribution is 2.41. The first-order chi connectivity index (χ1) is 17.8. The van der Waals surface area contributed by atoms with Gasteiger partial charge in [-0.05, 0) is 67.1 Å². The maximum atomic E-state index is 12.6. The van der Waals surface area contributed by atoms with Gasteiger partial charge in [0.2, 0.25) is 0 Å². The molecule has 1 saturated carbocycles. The second-order valence-corrected chi connectivity index (χ2v) is 9.52. The fourth-order valence-electron chi connectivity index (χ4n) is 4.55. The summed E-state index contributed by atoms with van der Waals surface area (Å²) in [5.41, 5.74) is 11.8. The number of carbonyl (C=O) groups is 2. The zero-order valence-corrected chi connectivity index (χ0v) is 21.0. The largest absolute Gasteiger partial charge is 0.468 e. The number of aromatic nitrogens is 3. The number of aryl methyl sites for hydroxylation is 1. The predicted octanol–water partition coefficient (Wildman–Crippen LogP) is 2.44. The normalized spacial score (nSPS) is 13.8. The lowest BCUT2D eigenvalue weighted by atomic mass is 10.1. The first-order valence-corrected chi connectivity index (χ1v) is 12.2. The Kier molecular flexibility index (Phi) is 6.58. The molecule has 5 rings (SSSR count). The van der Waals surface area contributed by atoms with Gasteiger partial charge in [0.25, 0.3) is 5.91 Å². The summed E-state index contributed by atoms with van der Waals surface area (Å²) in [5.74, 6) is 6.03. The van der Waals surface area contributed by atoms with Gasteiger partial charge in [0.05, 0.1) is 37.7 Å². The molecule has 10 heteroatoms. The molecule has 0 unspecified atom stereocenters. The van der Waals surface area contributed by atoms with E-state index in [0.29, 0.717) is 5.92 Å². The van der Waals surface area contributed by atoms with Crippen LogP contribution in [0.4, 0.5) is 0 Å². The average molecular weight is 502 g/mol. The van der Waals surface area contributed by atoms with Crippen LogP contribution < -0.4 is 16.9 Å². The zero-order chi connectivity index (χ0) is 26.1. The molecular formula is C27H31N7O3. The quantitative estimate of drug-likeness (QED) is 0.139. The molecule has 1 aliphatic carbocycles. The highest BCUT2D eigenvalue weighted by Gasteiger charge is 2.24. The first-order valence-electron chi connectivity index (χ1n) is 12.2. The van der Waals surface area contributed by atoms with E-state index in [1.807, 2.05) is 46.4 Å². The van der Waals surface area contributed by atoms with Crippen LogP contribution in [-0.4, -0.2) is 37.9 Å². The highest BCUT2D eigenvalue weighted by atomic mass is 16.5. The molecule has 0 aliphatic heterocycles. The molecule has 0 spiro atoms. The number of ether oxygens (including phenoxy) is 1. The third-order valence-corrected chi connectivity index (χ3v) is 6.68. The number of carbonyl (C=O) groups excluding carboxylic acids is 2. The molecule has 5 N–H and O–H groups in total. The third kappa shape index (κ3) is 5.29. The number of methoxy groups -OCH3 is 1. The average Bonchev–Trinajstić information content (AvgIpc) is 3.58. The number of nitrogens with two attached hydrogens (primary N) is 2. The van der Waals surface area contributed by atoms with Crippen LogP contribution in [-0.2, 0) is 34.0 Å². The van der Waals surface area contributed by atoms with E-state index in [2.05, 4.69) is 22.4 Å². The van der Waals surface area contributed by atoms with Crippen LogP contribution in [0.25, 0.3) is 16.4 Å². The summed E-state index contributed by atoms with van der Waals surface area (Å²) < 4.78 is 8.68. The van der Waals surface area contributed by atoms with E-state index in [-0.39, 0.29) is 31.3 Å². The third-order valence-electron chi connectivity index (χ3n) is 6.68. The SMILES string of the molecule is COC(=O)Cn1c(CN(N)/C=C(\N)C(=O)NCc2ncn3ccc(C)cc23)cc2cc(C3CC3)ccc21. The Bertz CT molecular complexity index is 1510. The lowest BCUT2D eigenvalue weighted by Gasteiger charge is -2.17. The van der Waals surface area contributed by atoms with Gasteiger partial charge in [0.1, 0.15) is 12.2 Å². The molecule has 0 radical (unpaired) electrons. The molecule has 3 heterocycles. The van der Waals surface area contributed by atoms with Crippen molar-refractivity contribution in [2.24, 2.45) is 11.6 Å². The smallest absolute Gasteiger partial charge is 0.325 e. The summed E-state index contributed by atoms with van der Waals surface area (Å²) in [4.78, 5) is 29.1. The van der Waals surface area contributed by atoms with Gasteiger partial charge in [0.15, 0.2) is 0 Å². The van der Waals surface area contributed by atoms with Crippen LogP contribution >= 0.6 is 0 Å². The lowest BCUT2D eigenvalue weighted by Crippen LogP contribution is -2.33. The number of pyridine rings is 1. The summed E-state index contributed by atoms with van der Waals surface area (Å²) in [6.45, 7) is 2.53. The number of fused-ring (bicyclic) bond motifs is 2. The number of rotatable bonds is 9. The van der Waals surface area contributed by atoms with Crippen LogP contribution in [0, 0.1) is 6.92 Å². The molecule has 37 heavy (non-hydrogen) atoms. The van der Waals surface area contributed by atoms with Gasteiger partial charge in [-0.2, -0.15) is 0 Å². The number of hydrazine groups is 1. The van der Waals surface area contributed by atoms with Crippen molar-refractivity contribution in [1.82, 2.24) is 24.3 Å². The molecule has 4 aromatic rings. The van der Waals surface area contributed by atoms with E-state index < -0.39 is 5.91 Å². The lowest BCUT2D eigenvalue weighted by molar-refractivity contribution is -0.141. The summed E-state index contributed by atoms with van der Waals surface area (Å²) in [6.07, 6.45) is 7.44. The first kappa shape index (κ1) is 24.4. The molecule has 1 fully saturated rings. The standard InChI is InChI=1S/C27H31N7O3/c1-17-7-8-32-16-31-23(25(32)9-17)12-30-27(36)22(28)14-33(29)13-21-11-20-10-19(18-3-4-18)5-6-24(20)34(21)15-26(35)37-2/h5-11,14,16,18H,3-4,12-13,15,28-29H2,1-2H3,(H,30,36)/b22-14-. The Morgan fingerprint density at radius 2 is 2.03 bits per heavy atom. The summed E-state index contributed by atoms with van der Waals surface area (Å²) in [5, 5.41) is 5.18. The van der Waals surface area contributed by atoms with Gasteiger partial charge in [-0.15, -0.1) is 0 Å². The minimum atomic E-state index is -0.451. The summed E-state index contributed by atoms with van der Waals surface area (Å²) in [6, 6.07) is 12.3. The number of benzene rings is 1. The maximum Gasteiger partial charge on any atom is 0.325 e.